The molecule has 0 radical (unpaired) electrons. The predicted octanol–water partition coefficient (Wildman–Crippen LogP) is 1.74. The number of aromatic hydroxyl groups is 1. The lowest BCUT2D eigenvalue weighted by molar-refractivity contribution is 0.0983. The number of aromatic nitrogens is 1. The van der Waals surface area contributed by atoms with Gasteiger partial charge in [-0.15, -0.1) is 0 Å². The zero-order valence-electron chi connectivity index (χ0n) is 6.94. The number of rotatable bonds is 1. The Kier molecular flexibility index (Phi) is 1.55. The summed E-state index contributed by atoms with van der Waals surface area (Å²) >= 11 is 0. The normalized spacial score (nSPS) is 10.5. The molecule has 0 atom stereocenters. The number of phenolic OH excluding ortho intramolecular Hbond substituents is 1. The molecule has 4 nitrogen and oxygen atoms in total. The number of ketones is 1. The van der Waals surface area contributed by atoms with Gasteiger partial charge < -0.3 is 9.52 Å². The molecule has 0 bridgehead atoms. The molecule has 0 aliphatic carbocycles. The Hall–Kier alpha value is -1.84. The Morgan fingerprint density at radius 2 is 2.31 bits per heavy atom. The molecule has 2 aromatic rings. The summed E-state index contributed by atoms with van der Waals surface area (Å²) in [7, 11) is 0. The summed E-state index contributed by atoms with van der Waals surface area (Å²) in [5.41, 5.74) is 0.994. The van der Waals surface area contributed by atoms with Crippen LogP contribution in [0, 0.1) is 0 Å². The summed E-state index contributed by atoms with van der Waals surface area (Å²) in [4.78, 5) is 14.8. The topological polar surface area (TPSA) is 63.3 Å². The minimum atomic E-state index is -0.226. The maximum Gasteiger partial charge on any atom is 0.263 e. The molecule has 4 heteroatoms. The van der Waals surface area contributed by atoms with Crippen molar-refractivity contribution >= 4 is 16.9 Å². The first kappa shape index (κ1) is 7.79. The molecule has 13 heavy (non-hydrogen) atoms. The second-order valence-electron chi connectivity index (χ2n) is 2.73. The molecule has 0 spiro atoms. The largest absolute Gasteiger partial charge is 0.508 e. The van der Waals surface area contributed by atoms with Gasteiger partial charge in [0.2, 0.25) is 5.78 Å². The van der Waals surface area contributed by atoms with Gasteiger partial charge in [-0.05, 0) is 12.1 Å². The van der Waals surface area contributed by atoms with E-state index in [1.807, 2.05) is 0 Å². The van der Waals surface area contributed by atoms with Crippen LogP contribution in [-0.2, 0) is 0 Å². The van der Waals surface area contributed by atoms with Crippen LogP contribution in [0.25, 0.3) is 11.1 Å². The third-order valence-electron chi connectivity index (χ3n) is 1.67. The third kappa shape index (κ3) is 1.26. The Morgan fingerprint density at radius 3 is 3.00 bits per heavy atom. The lowest BCUT2D eigenvalue weighted by Crippen LogP contribution is -1.89. The van der Waals surface area contributed by atoms with Crippen LogP contribution in [0.5, 0.6) is 5.75 Å². The summed E-state index contributed by atoms with van der Waals surface area (Å²) in [6, 6.07) is 4.52. The highest BCUT2D eigenvalue weighted by Crippen LogP contribution is 2.20. The highest BCUT2D eigenvalue weighted by atomic mass is 16.4. The van der Waals surface area contributed by atoms with Gasteiger partial charge >= 0.3 is 0 Å². The molecule has 0 unspecified atom stereocenters. The smallest absolute Gasteiger partial charge is 0.263 e. The number of phenols is 1. The minimum Gasteiger partial charge on any atom is -0.508 e. The van der Waals surface area contributed by atoms with Crippen LogP contribution in [0.15, 0.2) is 22.6 Å². The van der Waals surface area contributed by atoms with Gasteiger partial charge in [-0.1, -0.05) is 0 Å². The van der Waals surface area contributed by atoms with Crippen LogP contribution in [0.2, 0.25) is 0 Å². The molecular formula is C9H7NO3. The number of fused-ring (bicyclic) bond motifs is 1. The number of hydrogen-bond donors (Lipinski definition) is 1. The van der Waals surface area contributed by atoms with Gasteiger partial charge in [0.25, 0.3) is 5.89 Å². The van der Waals surface area contributed by atoms with E-state index in [2.05, 4.69) is 4.98 Å². The van der Waals surface area contributed by atoms with Crippen LogP contribution in [0.1, 0.15) is 17.6 Å². The molecular weight excluding hydrogens is 170 g/mol. The van der Waals surface area contributed by atoms with Crippen molar-refractivity contribution in [2.75, 3.05) is 0 Å². The lowest BCUT2D eigenvalue weighted by atomic mass is 10.3. The maximum atomic E-state index is 10.9. The number of oxazole rings is 1. The predicted molar refractivity (Wildman–Crippen MR) is 45.7 cm³/mol. The van der Waals surface area contributed by atoms with Crippen LogP contribution in [0.4, 0.5) is 0 Å². The number of hydrogen-bond acceptors (Lipinski definition) is 4. The molecule has 1 N–H and O–H groups in total. The lowest BCUT2D eigenvalue weighted by Gasteiger charge is -1.87. The molecule has 0 amide bonds. The zero-order valence-corrected chi connectivity index (χ0v) is 6.94. The van der Waals surface area contributed by atoms with E-state index in [0.29, 0.717) is 11.1 Å². The van der Waals surface area contributed by atoms with Crippen molar-refractivity contribution in [1.29, 1.82) is 0 Å². The van der Waals surface area contributed by atoms with E-state index < -0.39 is 0 Å². The quantitative estimate of drug-likeness (QED) is 0.674. The SMILES string of the molecule is CC(=O)c1nc2ccc(O)cc2o1. The van der Waals surface area contributed by atoms with Crippen LogP contribution < -0.4 is 0 Å². The Balaban J connectivity index is 2.68. The van der Waals surface area contributed by atoms with Gasteiger partial charge in [0.05, 0.1) is 0 Å². The Morgan fingerprint density at radius 1 is 1.54 bits per heavy atom. The van der Waals surface area contributed by atoms with Crippen molar-refractivity contribution in [1.82, 2.24) is 4.98 Å². The molecule has 0 saturated carbocycles. The average Bonchev–Trinajstić information content (AvgIpc) is 2.46. The molecule has 2 rings (SSSR count). The fourth-order valence-corrected chi connectivity index (χ4v) is 1.06. The van der Waals surface area contributed by atoms with E-state index in [-0.39, 0.29) is 17.4 Å². The van der Waals surface area contributed by atoms with Gasteiger partial charge in [-0.3, -0.25) is 4.79 Å². The Labute approximate surface area is 73.8 Å². The second-order valence-corrected chi connectivity index (χ2v) is 2.73. The van der Waals surface area contributed by atoms with Gasteiger partial charge in [-0.25, -0.2) is 4.98 Å². The van der Waals surface area contributed by atoms with Crippen molar-refractivity contribution in [3.8, 4) is 5.75 Å². The van der Waals surface area contributed by atoms with Crippen molar-refractivity contribution in [2.45, 2.75) is 6.92 Å². The molecule has 0 aliphatic rings. The molecule has 0 aliphatic heterocycles. The van der Waals surface area contributed by atoms with E-state index in [1.54, 1.807) is 6.07 Å². The third-order valence-corrected chi connectivity index (χ3v) is 1.67. The van der Waals surface area contributed by atoms with Crippen molar-refractivity contribution in [2.24, 2.45) is 0 Å². The van der Waals surface area contributed by atoms with Gasteiger partial charge in [0.1, 0.15) is 11.3 Å². The van der Waals surface area contributed by atoms with E-state index in [9.17, 15) is 4.79 Å². The van der Waals surface area contributed by atoms with Crippen molar-refractivity contribution < 1.29 is 14.3 Å². The monoisotopic (exact) mass is 177 g/mol. The van der Waals surface area contributed by atoms with E-state index >= 15 is 0 Å². The first-order chi connectivity index (χ1) is 6.16. The fraction of sp³-hybridized carbons (Fsp3) is 0.111. The summed E-state index contributed by atoms with van der Waals surface area (Å²) in [6.45, 7) is 1.38. The van der Waals surface area contributed by atoms with Gasteiger partial charge in [-0.2, -0.15) is 0 Å². The van der Waals surface area contributed by atoms with E-state index in [0.717, 1.165) is 0 Å². The van der Waals surface area contributed by atoms with Gasteiger partial charge in [0.15, 0.2) is 5.58 Å². The van der Waals surface area contributed by atoms with Crippen molar-refractivity contribution in [3.05, 3.63) is 24.1 Å². The van der Waals surface area contributed by atoms with Crippen LogP contribution in [0.3, 0.4) is 0 Å². The highest BCUT2D eigenvalue weighted by molar-refractivity contribution is 5.92. The zero-order chi connectivity index (χ0) is 9.42. The maximum absolute atomic E-state index is 10.9. The molecule has 1 aromatic heterocycles. The van der Waals surface area contributed by atoms with Gasteiger partial charge in [0, 0.05) is 13.0 Å². The molecule has 0 fully saturated rings. The fourth-order valence-electron chi connectivity index (χ4n) is 1.06. The number of carbonyl (C=O) groups is 1. The molecule has 1 heterocycles. The van der Waals surface area contributed by atoms with E-state index in [4.69, 9.17) is 9.52 Å². The van der Waals surface area contributed by atoms with E-state index in [1.165, 1.54) is 19.1 Å². The number of carbonyl (C=O) groups excluding carboxylic acids is 1. The first-order valence-corrected chi connectivity index (χ1v) is 3.77. The number of nitrogens with zero attached hydrogens (tertiary/aromatic N) is 1. The molecule has 0 saturated heterocycles. The molecule has 66 valence electrons. The summed E-state index contributed by atoms with van der Waals surface area (Å²) in [5, 5.41) is 9.11. The van der Waals surface area contributed by atoms with Crippen LogP contribution >= 0.6 is 0 Å². The van der Waals surface area contributed by atoms with Crippen molar-refractivity contribution in [3.63, 3.8) is 0 Å². The standard InChI is InChI=1S/C9H7NO3/c1-5(11)9-10-7-3-2-6(12)4-8(7)13-9/h2-4,12H,1H3. The highest BCUT2D eigenvalue weighted by Gasteiger charge is 2.09. The second kappa shape index (κ2) is 2.58. The number of benzene rings is 1. The molecule has 1 aromatic carbocycles. The summed E-state index contributed by atoms with van der Waals surface area (Å²) in [6.07, 6.45) is 0. The number of Topliss-reactive ketones (excluding diaryl/α,β-unsaturated/α-hetero) is 1. The summed E-state index contributed by atoms with van der Waals surface area (Å²) in [5.74, 6) is -0.0601. The average molecular weight is 177 g/mol. The first-order valence-electron chi connectivity index (χ1n) is 3.77. The van der Waals surface area contributed by atoms with Crippen LogP contribution in [-0.4, -0.2) is 15.9 Å². The summed E-state index contributed by atoms with van der Waals surface area (Å²) < 4.78 is 5.09. The minimum absolute atomic E-state index is 0.0700. The Bertz CT molecular complexity index is 473.